The molecule has 0 saturated carbocycles. The molecule has 0 spiro atoms. The van der Waals surface area contributed by atoms with Gasteiger partial charge in [-0.25, -0.2) is 4.98 Å². The molecule has 0 saturated heterocycles. The number of aryl methyl sites for hydroxylation is 1. The molecule has 0 atom stereocenters. The smallest absolute Gasteiger partial charge is 0.272 e. The van der Waals surface area contributed by atoms with E-state index < -0.39 is 0 Å². The van der Waals surface area contributed by atoms with Crippen LogP contribution in [0.3, 0.4) is 0 Å². The van der Waals surface area contributed by atoms with E-state index in [2.05, 4.69) is 36.2 Å². The highest BCUT2D eigenvalue weighted by molar-refractivity contribution is 7.98. The number of thiophene rings is 1. The molecule has 4 nitrogen and oxygen atoms in total. The van der Waals surface area contributed by atoms with Crippen LogP contribution in [-0.2, 0) is 17.0 Å². The maximum Gasteiger partial charge on any atom is 0.272 e. The van der Waals surface area contributed by atoms with Crippen molar-refractivity contribution in [1.82, 2.24) is 9.55 Å². The first-order chi connectivity index (χ1) is 11.2. The minimum atomic E-state index is 0.0220. The van der Waals surface area contributed by atoms with Crippen LogP contribution in [0.15, 0.2) is 45.7 Å². The molecule has 2 heterocycles. The quantitative estimate of drug-likeness (QED) is 0.504. The van der Waals surface area contributed by atoms with Crippen molar-refractivity contribution in [1.29, 1.82) is 0 Å². The Morgan fingerprint density at radius 2 is 2.22 bits per heavy atom. The number of ether oxygens (including phenoxy) is 1. The fourth-order valence-electron chi connectivity index (χ4n) is 2.36. The number of aromatic nitrogens is 2. The maximum atomic E-state index is 12.6. The van der Waals surface area contributed by atoms with Gasteiger partial charge in [-0.2, -0.15) is 0 Å². The molecular weight excluding hydrogens is 328 g/mol. The third-order valence-corrected chi connectivity index (χ3v) is 5.44. The van der Waals surface area contributed by atoms with E-state index in [9.17, 15) is 4.79 Å². The minimum Gasteiger partial charge on any atom is -0.383 e. The van der Waals surface area contributed by atoms with Gasteiger partial charge in [0, 0.05) is 12.9 Å². The van der Waals surface area contributed by atoms with Crippen LogP contribution in [-0.4, -0.2) is 23.3 Å². The highest BCUT2D eigenvalue weighted by Gasteiger charge is 2.12. The van der Waals surface area contributed by atoms with Crippen LogP contribution < -0.4 is 5.56 Å². The number of hydrogen-bond acceptors (Lipinski definition) is 5. The number of fused-ring (bicyclic) bond motifs is 1. The molecule has 0 radical (unpaired) electrons. The van der Waals surface area contributed by atoms with Crippen molar-refractivity contribution in [2.75, 3.05) is 13.7 Å². The Morgan fingerprint density at radius 3 is 3.00 bits per heavy atom. The van der Waals surface area contributed by atoms with Crippen molar-refractivity contribution in [3.8, 4) is 0 Å². The van der Waals surface area contributed by atoms with Crippen molar-refractivity contribution in [3.05, 3.63) is 57.2 Å². The molecule has 0 unspecified atom stereocenters. The molecule has 0 fully saturated rings. The van der Waals surface area contributed by atoms with Crippen molar-refractivity contribution >= 4 is 33.3 Å². The normalized spacial score (nSPS) is 11.2. The molecule has 0 aliphatic heterocycles. The lowest BCUT2D eigenvalue weighted by molar-refractivity contribution is 0.183. The molecule has 0 bridgehead atoms. The van der Waals surface area contributed by atoms with Gasteiger partial charge in [-0.15, -0.1) is 11.3 Å². The van der Waals surface area contributed by atoms with E-state index >= 15 is 0 Å². The van der Waals surface area contributed by atoms with Gasteiger partial charge in [0.05, 0.1) is 18.7 Å². The summed E-state index contributed by atoms with van der Waals surface area (Å²) in [5.41, 5.74) is 3.27. The first-order valence-corrected chi connectivity index (χ1v) is 9.21. The largest absolute Gasteiger partial charge is 0.383 e. The van der Waals surface area contributed by atoms with E-state index in [1.807, 2.05) is 11.4 Å². The predicted octanol–water partition coefficient (Wildman–Crippen LogP) is 3.71. The number of hydrogen-bond donors (Lipinski definition) is 0. The number of methoxy groups -OCH3 is 1. The van der Waals surface area contributed by atoms with Gasteiger partial charge in [0.25, 0.3) is 5.56 Å². The number of benzene rings is 1. The molecule has 6 heteroatoms. The molecule has 3 aromatic rings. The van der Waals surface area contributed by atoms with Gasteiger partial charge in [-0.3, -0.25) is 9.36 Å². The van der Waals surface area contributed by atoms with Crippen molar-refractivity contribution in [2.45, 2.75) is 24.4 Å². The number of thioether (sulfide) groups is 1. The fraction of sp³-hybridized carbons (Fsp3) is 0.294. The molecule has 23 heavy (non-hydrogen) atoms. The monoisotopic (exact) mass is 346 g/mol. The number of rotatable bonds is 6. The van der Waals surface area contributed by atoms with Crippen LogP contribution in [0.1, 0.15) is 11.1 Å². The highest BCUT2D eigenvalue weighted by Crippen LogP contribution is 2.24. The minimum absolute atomic E-state index is 0.0220. The third kappa shape index (κ3) is 3.65. The summed E-state index contributed by atoms with van der Waals surface area (Å²) < 4.78 is 7.57. The highest BCUT2D eigenvalue weighted by atomic mass is 32.2. The van der Waals surface area contributed by atoms with E-state index in [0.717, 1.165) is 16.4 Å². The van der Waals surface area contributed by atoms with E-state index in [1.54, 1.807) is 23.4 Å². The van der Waals surface area contributed by atoms with Gasteiger partial charge < -0.3 is 4.74 Å². The van der Waals surface area contributed by atoms with Crippen LogP contribution in [0.2, 0.25) is 0 Å². The molecular formula is C17H18N2O2S2. The average Bonchev–Trinajstić information content (AvgIpc) is 3.01. The summed E-state index contributed by atoms with van der Waals surface area (Å²) in [6, 6.07) is 10.3. The summed E-state index contributed by atoms with van der Waals surface area (Å²) in [5.74, 6) is 0.788. The zero-order valence-corrected chi connectivity index (χ0v) is 14.7. The molecule has 120 valence electrons. The predicted molar refractivity (Wildman–Crippen MR) is 96.5 cm³/mol. The van der Waals surface area contributed by atoms with Gasteiger partial charge in [-0.1, -0.05) is 41.6 Å². The summed E-state index contributed by atoms with van der Waals surface area (Å²) in [5, 5.41) is 2.66. The van der Waals surface area contributed by atoms with E-state index in [0.29, 0.717) is 17.9 Å². The molecule has 0 aliphatic carbocycles. The van der Waals surface area contributed by atoms with E-state index in [-0.39, 0.29) is 5.56 Å². The Hall–Kier alpha value is -1.63. The van der Waals surface area contributed by atoms with E-state index in [4.69, 9.17) is 4.74 Å². The third-order valence-electron chi connectivity index (χ3n) is 3.50. The lowest BCUT2D eigenvalue weighted by Crippen LogP contribution is -2.24. The Bertz CT molecular complexity index is 870. The topological polar surface area (TPSA) is 44.1 Å². The second kappa shape index (κ2) is 7.29. The molecule has 3 rings (SSSR count). The first kappa shape index (κ1) is 16.2. The summed E-state index contributed by atoms with van der Waals surface area (Å²) >= 11 is 3.03. The molecule has 0 aliphatic rings. The van der Waals surface area contributed by atoms with Crippen molar-refractivity contribution in [3.63, 3.8) is 0 Å². The summed E-state index contributed by atoms with van der Waals surface area (Å²) in [6.07, 6.45) is 0. The maximum absolute atomic E-state index is 12.6. The van der Waals surface area contributed by atoms with Gasteiger partial charge >= 0.3 is 0 Å². The van der Waals surface area contributed by atoms with Crippen LogP contribution in [0.25, 0.3) is 10.2 Å². The SMILES string of the molecule is COCCn1c(SCc2cccc(C)c2)nc2ccsc2c1=O. The van der Waals surface area contributed by atoms with Crippen molar-refractivity contribution in [2.24, 2.45) is 0 Å². The first-order valence-electron chi connectivity index (χ1n) is 7.34. The average molecular weight is 346 g/mol. The Kier molecular flexibility index (Phi) is 5.15. The van der Waals surface area contributed by atoms with Crippen LogP contribution in [0, 0.1) is 6.92 Å². The second-order valence-corrected chi connectivity index (χ2v) is 7.12. The molecule has 2 aromatic heterocycles. The fourth-order valence-corrected chi connectivity index (χ4v) is 4.11. The zero-order chi connectivity index (χ0) is 16.2. The van der Waals surface area contributed by atoms with Gasteiger partial charge in [0.15, 0.2) is 5.16 Å². The van der Waals surface area contributed by atoms with Gasteiger partial charge in [-0.05, 0) is 23.9 Å². The second-order valence-electron chi connectivity index (χ2n) is 5.26. The van der Waals surface area contributed by atoms with Gasteiger partial charge in [0.2, 0.25) is 0 Å². The Morgan fingerprint density at radius 1 is 1.35 bits per heavy atom. The van der Waals surface area contributed by atoms with Crippen molar-refractivity contribution < 1.29 is 4.74 Å². The zero-order valence-electron chi connectivity index (χ0n) is 13.1. The lowest BCUT2D eigenvalue weighted by Gasteiger charge is -2.11. The number of nitrogens with zero attached hydrogens (tertiary/aromatic N) is 2. The Balaban J connectivity index is 1.92. The molecule has 0 amide bonds. The Labute approximate surface area is 143 Å². The van der Waals surface area contributed by atoms with Gasteiger partial charge in [0.1, 0.15) is 4.70 Å². The summed E-state index contributed by atoms with van der Waals surface area (Å²) in [7, 11) is 1.64. The van der Waals surface area contributed by atoms with E-state index in [1.165, 1.54) is 22.5 Å². The lowest BCUT2D eigenvalue weighted by atomic mass is 10.2. The molecule has 1 aromatic carbocycles. The van der Waals surface area contributed by atoms with Crippen LogP contribution >= 0.6 is 23.1 Å². The summed E-state index contributed by atoms with van der Waals surface area (Å²) in [6.45, 7) is 3.10. The van der Waals surface area contributed by atoms with Crippen LogP contribution in [0.5, 0.6) is 0 Å². The standard InChI is InChI=1S/C17H18N2O2S2/c1-12-4-3-5-13(10-12)11-23-17-18-14-6-9-22-15(14)16(20)19(17)7-8-21-2/h3-6,9-10H,7-8,11H2,1-2H3. The van der Waals surface area contributed by atoms with Crippen LogP contribution in [0.4, 0.5) is 0 Å². The summed E-state index contributed by atoms with van der Waals surface area (Å²) in [4.78, 5) is 17.3. The molecule has 0 N–H and O–H groups in total.